The van der Waals surface area contributed by atoms with Crippen molar-refractivity contribution in [2.45, 2.75) is 51.5 Å². The third kappa shape index (κ3) is 2.81. The number of hydrogen-bond donors (Lipinski definition) is 0. The van der Waals surface area contributed by atoms with E-state index in [0.29, 0.717) is 17.7 Å². The molecular formula is C13H23NO. The van der Waals surface area contributed by atoms with Gasteiger partial charge in [0.1, 0.15) is 5.78 Å². The van der Waals surface area contributed by atoms with E-state index in [2.05, 4.69) is 18.9 Å². The second-order valence-corrected chi connectivity index (χ2v) is 5.43. The molecule has 2 nitrogen and oxygen atoms in total. The fourth-order valence-corrected chi connectivity index (χ4v) is 2.70. The Morgan fingerprint density at radius 1 is 1.33 bits per heavy atom. The van der Waals surface area contributed by atoms with Crippen molar-refractivity contribution in [3.8, 4) is 0 Å². The summed E-state index contributed by atoms with van der Waals surface area (Å²) in [5.41, 5.74) is 0. The summed E-state index contributed by atoms with van der Waals surface area (Å²) in [6, 6.07) is 0.680. The summed E-state index contributed by atoms with van der Waals surface area (Å²) in [5, 5.41) is 0. The minimum Gasteiger partial charge on any atom is -0.303 e. The predicted octanol–water partition coefficient (Wildman–Crippen LogP) is 2.48. The van der Waals surface area contributed by atoms with E-state index < -0.39 is 0 Å². The van der Waals surface area contributed by atoms with Gasteiger partial charge in [-0.2, -0.15) is 0 Å². The Labute approximate surface area is 93.0 Å². The van der Waals surface area contributed by atoms with Crippen molar-refractivity contribution in [3.63, 3.8) is 0 Å². The number of hydrogen-bond acceptors (Lipinski definition) is 2. The Bertz CT molecular complexity index is 235. The van der Waals surface area contributed by atoms with E-state index in [-0.39, 0.29) is 0 Å². The Balaban J connectivity index is 1.81. The smallest absolute Gasteiger partial charge is 0.137 e. The molecule has 2 rings (SSSR count). The van der Waals surface area contributed by atoms with Gasteiger partial charge in [0.15, 0.2) is 0 Å². The summed E-state index contributed by atoms with van der Waals surface area (Å²) >= 11 is 0. The minimum absolute atomic E-state index is 0.338. The first-order valence-corrected chi connectivity index (χ1v) is 6.41. The predicted molar refractivity (Wildman–Crippen MR) is 61.8 cm³/mol. The van der Waals surface area contributed by atoms with E-state index in [0.717, 1.165) is 31.7 Å². The molecule has 0 aromatic rings. The van der Waals surface area contributed by atoms with Gasteiger partial charge in [0.25, 0.3) is 0 Å². The van der Waals surface area contributed by atoms with Crippen LogP contribution in [0.25, 0.3) is 0 Å². The Kier molecular flexibility index (Phi) is 3.45. The van der Waals surface area contributed by atoms with Crippen molar-refractivity contribution in [1.82, 2.24) is 4.90 Å². The third-order valence-electron chi connectivity index (χ3n) is 4.19. The normalized spacial score (nSPS) is 29.5. The van der Waals surface area contributed by atoms with E-state index in [4.69, 9.17) is 0 Å². The average molecular weight is 209 g/mol. The van der Waals surface area contributed by atoms with Crippen LogP contribution in [0.4, 0.5) is 0 Å². The number of carbonyl (C=O) groups is 1. The summed E-state index contributed by atoms with van der Waals surface area (Å²) in [4.78, 5) is 14.1. The van der Waals surface area contributed by atoms with Gasteiger partial charge in [0.05, 0.1) is 0 Å². The first-order chi connectivity index (χ1) is 7.18. The van der Waals surface area contributed by atoms with Gasteiger partial charge in [-0.3, -0.25) is 4.79 Å². The minimum atomic E-state index is 0.338. The maximum Gasteiger partial charge on any atom is 0.137 e. The van der Waals surface area contributed by atoms with Crippen LogP contribution >= 0.6 is 0 Å². The molecule has 15 heavy (non-hydrogen) atoms. The Morgan fingerprint density at radius 2 is 2.07 bits per heavy atom. The van der Waals surface area contributed by atoms with Crippen LogP contribution in [-0.4, -0.2) is 30.3 Å². The van der Waals surface area contributed by atoms with Gasteiger partial charge in [-0.1, -0.05) is 6.42 Å². The highest BCUT2D eigenvalue weighted by Gasteiger charge is 2.32. The number of rotatable bonds is 4. The number of carbonyl (C=O) groups excluding carboxylic acids is 1. The van der Waals surface area contributed by atoms with Crippen molar-refractivity contribution in [2.75, 3.05) is 13.6 Å². The molecule has 2 heteroatoms. The number of ketones is 1. The quantitative estimate of drug-likeness (QED) is 0.709. The number of Topliss-reactive ketones (excluding diaryl/α,β-unsaturated/α-hetero) is 1. The molecule has 0 bridgehead atoms. The van der Waals surface area contributed by atoms with Crippen molar-refractivity contribution in [3.05, 3.63) is 0 Å². The molecule has 0 aliphatic heterocycles. The zero-order valence-corrected chi connectivity index (χ0v) is 10.0. The van der Waals surface area contributed by atoms with Crippen LogP contribution < -0.4 is 0 Å². The van der Waals surface area contributed by atoms with E-state index in [1.54, 1.807) is 0 Å². The van der Waals surface area contributed by atoms with Crippen molar-refractivity contribution in [1.29, 1.82) is 0 Å². The zero-order valence-electron chi connectivity index (χ0n) is 10.0. The molecule has 2 fully saturated rings. The standard InChI is InChI=1S/C13H23NO/c1-10(11-7-8-11)14(2)9-12-5-3-4-6-13(12)15/h10-12H,3-9H2,1-2H3. The molecule has 0 aromatic carbocycles. The Morgan fingerprint density at radius 3 is 2.67 bits per heavy atom. The van der Waals surface area contributed by atoms with Gasteiger partial charge in [-0.15, -0.1) is 0 Å². The molecule has 0 N–H and O–H groups in total. The van der Waals surface area contributed by atoms with Crippen LogP contribution in [-0.2, 0) is 4.79 Å². The monoisotopic (exact) mass is 209 g/mol. The first kappa shape index (κ1) is 11.1. The number of nitrogens with zero attached hydrogens (tertiary/aromatic N) is 1. The molecule has 2 aliphatic rings. The molecule has 0 amide bonds. The highest BCUT2D eigenvalue weighted by atomic mass is 16.1. The van der Waals surface area contributed by atoms with Gasteiger partial charge in [-0.25, -0.2) is 0 Å². The van der Waals surface area contributed by atoms with E-state index in [1.807, 2.05) is 0 Å². The largest absolute Gasteiger partial charge is 0.303 e. The van der Waals surface area contributed by atoms with Crippen LogP contribution in [0.2, 0.25) is 0 Å². The van der Waals surface area contributed by atoms with Crippen molar-refractivity contribution in [2.24, 2.45) is 11.8 Å². The lowest BCUT2D eigenvalue weighted by atomic mass is 9.87. The topological polar surface area (TPSA) is 20.3 Å². The summed E-state index contributed by atoms with van der Waals surface area (Å²) < 4.78 is 0. The zero-order chi connectivity index (χ0) is 10.8. The van der Waals surface area contributed by atoms with Gasteiger partial charge < -0.3 is 4.90 Å². The third-order valence-corrected chi connectivity index (χ3v) is 4.19. The molecule has 2 unspecified atom stereocenters. The van der Waals surface area contributed by atoms with Gasteiger partial charge in [0.2, 0.25) is 0 Å². The van der Waals surface area contributed by atoms with Crippen LogP contribution in [0.3, 0.4) is 0 Å². The van der Waals surface area contributed by atoms with Gasteiger partial charge >= 0.3 is 0 Å². The van der Waals surface area contributed by atoms with Crippen LogP contribution in [0.1, 0.15) is 45.4 Å². The second-order valence-electron chi connectivity index (χ2n) is 5.43. The lowest BCUT2D eigenvalue weighted by Gasteiger charge is -2.30. The van der Waals surface area contributed by atoms with Crippen LogP contribution in [0, 0.1) is 11.8 Å². The lowest BCUT2D eigenvalue weighted by molar-refractivity contribution is -0.125. The summed E-state index contributed by atoms with van der Waals surface area (Å²) in [5.74, 6) is 1.76. The summed E-state index contributed by atoms with van der Waals surface area (Å²) in [7, 11) is 2.19. The van der Waals surface area contributed by atoms with Crippen molar-refractivity contribution >= 4 is 5.78 Å². The fraction of sp³-hybridized carbons (Fsp3) is 0.923. The first-order valence-electron chi connectivity index (χ1n) is 6.41. The lowest BCUT2D eigenvalue weighted by Crippen LogP contribution is -2.38. The van der Waals surface area contributed by atoms with Crippen molar-refractivity contribution < 1.29 is 4.79 Å². The summed E-state index contributed by atoms with van der Waals surface area (Å²) in [6.07, 6.45) is 7.12. The molecule has 2 saturated carbocycles. The fourth-order valence-electron chi connectivity index (χ4n) is 2.70. The second kappa shape index (κ2) is 4.65. The van der Waals surface area contributed by atoms with E-state index in [9.17, 15) is 4.79 Å². The van der Waals surface area contributed by atoms with Crippen LogP contribution in [0.15, 0.2) is 0 Å². The molecule has 2 atom stereocenters. The molecular weight excluding hydrogens is 186 g/mol. The molecule has 0 radical (unpaired) electrons. The van der Waals surface area contributed by atoms with Gasteiger partial charge in [0, 0.05) is 24.9 Å². The average Bonchev–Trinajstić information content (AvgIpc) is 3.04. The molecule has 0 spiro atoms. The maximum absolute atomic E-state index is 11.7. The Hall–Kier alpha value is -0.370. The SMILES string of the molecule is CC(C1CC1)N(C)CC1CCCCC1=O. The molecule has 0 heterocycles. The van der Waals surface area contributed by atoms with Gasteiger partial charge in [-0.05, 0) is 45.6 Å². The summed E-state index contributed by atoms with van der Waals surface area (Å²) in [6.45, 7) is 3.31. The highest BCUT2D eigenvalue weighted by Crippen LogP contribution is 2.35. The highest BCUT2D eigenvalue weighted by molar-refractivity contribution is 5.81. The molecule has 86 valence electrons. The molecule has 0 aromatic heterocycles. The molecule has 2 aliphatic carbocycles. The van der Waals surface area contributed by atoms with E-state index in [1.165, 1.54) is 19.3 Å². The molecule has 0 saturated heterocycles. The maximum atomic E-state index is 11.7. The van der Waals surface area contributed by atoms with Crippen LogP contribution in [0.5, 0.6) is 0 Å². The van der Waals surface area contributed by atoms with E-state index >= 15 is 0 Å².